The lowest BCUT2D eigenvalue weighted by Crippen LogP contribution is -2.52. The Labute approximate surface area is 103 Å². The van der Waals surface area contributed by atoms with E-state index in [0.29, 0.717) is 13.2 Å². The summed E-state index contributed by atoms with van der Waals surface area (Å²) in [6.07, 6.45) is 7.50. The summed E-state index contributed by atoms with van der Waals surface area (Å²) in [7, 11) is 0. The molecule has 0 aromatic rings. The van der Waals surface area contributed by atoms with Crippen molar-refractivity contribution in [2.24, 2.45) is 17.8 Å². The third-order valence-corrected chi connectivity index (χ3v) is 4.83. The molecule has 4 saturated carbocycles. The fraction of sp³-hybridized carbons (Fsp3) is 1.00. The van der Waals surface area contributed by atoms with Crippen molar-refractivity contribution in [3.05, 3.63) is 0 Å². The third kappa shape index (κ3) is 2.51. The number of hydrogen-bond donors (Lipinski definition) is 1. The van der Waals surface area contributed by atoms with Crippen LogP contribution in [-0.2, 0) is 9.47 Å². The summed E-state index contributed by atoms with van der Waals surface area (Å²) in [6, 6.07) is 0. The van der Waals surface area contributed by atoms with Crippen molar-refractivity contribution in [3.63, 3.8) is 0 Å². The minimum Gasteiger partial charge on any atom is -0.373 e. The van der Waals surface area contributed by atoms with E-state index in [1.165, 1.54) is 38.5 Å². The van der Waals surface area contributed by atoms with Crippen LogP contribution in [0.25, 0.3) is 0 Å². The van der Waals surface area contributed by atoms with Crippen molar-refractivity contribution in [2.45, 2.75) is 57.3 Å². The van der Waals surface area contributed by atoms with Gasteiger partial charge in [0.2, 0.25) is 0 Å². The van der Waals surface area contributed by atoms with Crippen LogP contribution in [0.5, 0.6) is 0 Å². The van der Waals surface area contributed by atoms with Gasteiger partial charge in [-0.15, -0.1) is 0 Å². The molecular weight excluding hydrogens is 216 g/mol. The molecule has 0 heterocycles. The number of rotatable bonds is 5. The molecule has 0 aliphatic heterocycles. The smallest absolute Gasteiger partial charge is 0.151 e. The van der Waals surface area contributed by atoms with Gasteiger partial charge in [0.05, 0.1) is 18.8 Å². The second kappa shape index (κ2) is 4.52. The van der Waals surface area contributed by atoms with Crippen LogP contribution in [0.1, 0.15) is 45.4 Å². The predicted molar refractivity (Wildman–Crippen MR) is 64.5 cm³/mol. The van der Waals surface area contributed by atoms with Crippen LogP contribution in [0.15, 0.2) is 0 Å². The van der Waals surface area contributed by atoms with Crippen LogP contribution >= 0.6 is 0 Å². The van der Waals surface area contributed by atoms with Gasteiger partial charge in [0.1, 0.15) is 0 Å². The molecule has 4 aliphatic carbocycles. The zero-order chi connectivity index (χ0) is 11.9. The highest BCUT2D eigenvalue weighted by Gasteiger charge is 2.51. The van der Waals surface area contributed by atoms with Crippen LogP contribution in [-0.4, -0.2) is 30.2 Å². The molecule has 4 bridgehead atoms. The lowest BCUT2D eigenvalue weighted by molar-refractivity contribution is -0.180. The number of aliphatic hydroxyl groups is 1. The number of ether oxygens (including phenoxy) is 2. The summed E-state index contributed by atoms with van der Waals surface area (Å²) < 4.78 is 11.3. The van der Waals surface area contributed by atoms with Gasteiger partial charge in [0, 0.05) is 0 Å². The Bertz CT molecular complexity index is 239. The van der Waals surface area contributed by atoms with E-state index < -0.39 is 6.29 Å². The van der Waals surface area contributed by atoms with Crippen LogP contribution in [0.2, 0.25) is 0 Å². The Hall–Kier alpha value is -0.120. The molecule has 0 amide bonds. The standard InChI is InChI=1S/C14H24O3/c1-10(15)16-2-3-17-14-7-11-4-12(8-14)6-13(5-11)9-14/h10-13,15H,2-9H2,1H3. The topological polar surface area (TPSA) is 38.7 Å². The summed E-state index contributed by atoms with van der Waals surface area (Å²) in [5, 5.41) is 9.04. The van der Waals surface area contributed by atoms with Crippen molar-refractivity contribution in [1.82, 2.24) is 0 Å². The zero-order valence-electron chi connectivity index (χ0n) is 10.7. The van der Waals surface area contributed by atoms with E-state index in [1.807, 2.05) is 0 Å². The molecule has 1 atom stereocenters. The zero-order valence-corrected chi connectivity index (χ0v) is 10.7. The highest BCUT2D eigenvalue weighted by molar-refractivity contribution is 5.03. The lowest BCUT2D eigenvalue weighted by atomic mass is 9.54. The van der Waals surface area contributed by atoms with E-state index in [4.69, 9.17) is 14.6 Å². The van der Waals surface area contributed by atoms with Gasteiger partial charge in [-0.3, -0.25) is 0 Å². The Morgan fingerprint density at radius 1 is 1.06 bits per heavy atom. The average Bonchev–Trinajstić information content (AvgIpc) is 2.22. The minimum atomic E-state index is -0.671. The van der Waals surface area contributed by atoms with Gasteiger partial charge in [-0.05, 0) is 63.2 Å². The molecule has 0 radical (unpaired) electrons. The Balaban J connectivity index is 1.52. The van der Waals surface area contributed by atoms with Crippen molar-refractivity contribution in [3.8, 4) is 0 Å². The molecule has 0 aromatic heterocycles. The molecule has 1 unspecified atom stereocenters. The van der Waals surface area contributed by atoms with E-state index >= 15 is 0 Å². The van der Waals surface area contributed by atoms with Gasteiger partial charge in [0.25, 0.3) is 0 Å². The first-order valence-corrected chi connectivity index (χ1v) is 7.09. The molecule has 98 valence electrons. The van der Waals surface area contributed by atoms with E-state index in [0.717, 1.165) is 17.8 Å². The first-order valence-electron chi connectivity index (χ1n) is 7.09. The minimum absolute atomic E-state index is 0.177. The lowest BCUT2D eigenvalue weighted by Gasteiger charge is -2.56. The Morgan fingerprint density at radius 2 is 1.59 bits per heavy atom. The maximum atomic E-state index is 9.04. The Kier molecular flexibility index (Phi) is 3.18. The largest absolute Gasteiger partial charge is 0.373 e. The highest BCUT2D eigenvalue weighted by Crippen LogP contribution is 2.57. The average molecular weight is 240 g/mol. The normalized spacial score (nSPS) is 45.2. The fourth-order valence-electron chi connectivity index (χ4n) is 4.68. The molecule has 0 spiro atoms. The molecule has 1 N–H and O–H groups in total. The number of aliphatic hydroxyl groups excluding tert-OH is 1. The third-order valence-electron chi connectivity index (χ3n) is 4.83. The maximum Gasteiger partial charge on any atom is 0.151 e. The molecule has 4 fully saturated rings. The van der Waals surface area contributed by atoms with Gasteiger partial charge in [-0.2, -0.15) is 0 Å². The Morgan fingerprint density at radius 3 is 2.06 bits per heavy atom. The van der Waals surface area contributed by atoms with Gasteiger partial charge in [-0.25, -0.2) is 0 Å². The maximum absolute atomic E-state index is 9.04. The molecule has 4 aliphatic rings. The van der Waals surface area contributed by atoms with Gasteiger partial charge in [-0.1, -0.05) is 0 Å². The van der Waals surface area contributed by atoms with E-state index in [-0.39, 0.29) is 5.60 Å². The van der Waals surface area contributed by atoms with Gasteiger partial charge < -0.3 is 14.6 Å². The fourth-order valence-corrected chi connectivity index (χ4v) is 4.68. The van der Waals surface area contributed by atoms with Gasteiger partial charge >= 0.3 is 0 Å². The van der Waals surface area contributed by atoms with Crippen molar-refractivity contribution >= 4 is 0 Å². The number of hydrogen-bond acceptors (Lipinski definition) is 3. The first kappa shape index (κ1) is 11.9. The summed E-state index contributed by atoms with van der Waals surface area (Å²) in [5.74, 6) is 2.79. The van der Waals surface area contributed by atoms with Crippen LogP contribution < -0.4 is 0 Å². The monoisotopic (exact) mass is 240 g/mol. The molecule has 3 heteroatoms. The van der Waals surface area contributed by atoms with Crippen LogP contribution in [0, 0.1) is 17.8 Å². The summed E-state index contributed by atoms with van der Waals surface area (Å²) in [5.41, 5.74) is 0.177. The van der Waals surface area contributed by atoms with Crippen molar-refractivity contribution in [2.75, 3.05) is 13.2 Å². The van der Waals surface area contributed by atoms with Crippen LogP contribution in [0.4, 0.5) is 0 Å². The molecule has 17 heavy (non-hydrogen) atoms. The van der Waals surface area contributed by atoms with E-state index in [9.17, 15) is 0 Å². The summed E-state index contributed by atoms with van der Waals surface area (Å²) in [4.78, 5) is 0. The van der Waals surface area contributed by atoms with Gasteiger partial charge in [0.15, 0.2) is 6.29 Å². The molecular formula is C14H24O3. The molecule has 3 nitrogen and oxygen atoms in total. The van der Waals surface area contributed by atoms with Crippen LogP contribution in [0.3, 0.4) is 0 Å². The molecule has 0 saturated heterocycles. The summed E-state index contributed by atoms with van der Waals surface area (Å²) >= 11 is 0. The SMILES string of the molecule is CC(O)OCCOC12CC3CC(CC(C3)C1)C2. The summed E-state index contributed by atoms with van der Waals surface area (Å²) in [6.45, 7) is 2.79. The highest BCUT2D eigenvalue weighted by atomic mass is 16.6. The van der Waals surface area contributed by atoms with E-state index in [2.05, 4.69) is 0 Å². The molecule has 4 rings (SSSR count). The quantitative estimate of drug-likeness (QED) is 0.592. The van der Waals surface area contributed by atoms with Crippen molar-refractivity contribution < 1.29 is 14.6 Å². The first-order chi connectivity index (χ1) is 8.15. The molecule has 0 aromatic carbocycles. The van der Waals surface area contributed by atoms with E-state index in [1.54, 1.807) is 6.92 Å². The predicted octanol–water partition coefficient (Wildman–Crippen LogP) is 2.33. The second-order valence-electron chi connectivity index (χ2n) is 6.42. The second-order valence-corrected chi connectivity index (χ2v) is 6.42. The van der Waals surface area contributed by atoms with Crippen molar-refractivity contribution in [1.29, 1.82) is 0 Å².